The Morgan fingerprint density at radius 2 is 1.92 bits per heavy atom. The van der Waals surface area contributed by atoms with Crippen molar-refractivity contribution in [3.63, 3.8) is 0 Å². The van der Waals surface area contributed by atoms with E-state index in [4.69, 9.17) is 4.74 Å². The minimum absolute atomic E-state index is 0.0182. The number of amides is 1. The summed E-state index contributed by atoms with van der Waals surface area (Å²) in [7, 11) is 0. The molecule has 3 rings (SSSR count). The second-order valence-corrected chi connectivity index (χ2v) is 7.35. The van der Waals surface area contributed by atoms with Crippen LogP contribution in [0.4, 0.5) is 0 Å². The first-order chi connectivity index (χ1) is 12.1. The SMILES string of the molecule is C[C@@H](Oc1ccccc1)C(=O)NCc1ccc(C(=O)c2ccsc2)s1. The van der Waals surface area contributed by atoms with Gasteiger partial charge in [-0.2, -0.15) is 11.3 Å². The molecule has 0 spiro atoms. The maximum Gasteiger partial charge on any atom is 0.261 e. The van der Waals surface area contributed by atoms with Crippen LogP contribution in [0.25, 0.3) is 0 Å². The van der Waals surface area contributed by atoms with Crippen LogP contribution in [-0.4, -0.2) is 17.8 Å². The molecule has 128 valence electrons. The highest BCUT2D eigenvalue weighted by Gasteiger charge is 2.16. The average Bonchev–Trinajstić information content (AvgIpc) is 3.32. The minimum atomic E-state index is -0.589. The summed E-state index contributed by atoms with van der Waals surface area (Å²) in [5.41, 5.74) is 0.701. The summed E-state index contributed by atoms with van der Waals surface area (Å²) in [6.45, 7) is 2.09. The fourth-order valence-corrected chi connectivity index (χ4v) is 3.75. The number of hydrogen-bond donors (Lipinski definition) is 1. The molecule has 0 fully saturated rings. The first-order valence-electron chi connectivity index (χ1n) is 7.78. The number of thiophene rings is 2. The topological polar surface area (TPSA) is 55.4 Å². The molecule has 25 heavy (non-hydrogen) atoms. The minimum Gasteiger partial charge on any atom is -0.481 e. The lowest BCUT2D eigenvalue weighted by molar-refractivity contribution is -0.127. The average molecular weight is 371 g/mol. The van der Waals surface area contributed by atoms with E-state index in [0.29, 0.717) is 22.7 Å². The summed E-state index contributed by atoms with van der Waals surface area (Å²) in [4.78, 5) is 26.0. The van der Waals surface area contributed by atoms with Crippen molar-refractivity contribution in [3.8, 4) is 5.75 Å². The zero-order valence-electron chi connectivity index (χ0n) is 13.6. The lowest BCUT2D eigenvalue weighted by Gasteiger charge is -2.14. The van der Waals surface area contributed by atoms with Crippen LogP contribution in [0.2, 0.25) is 0 Å². The van der Waals surface area contributed by atoms with Gasteiger partial charge in [-0.15, -0.1) is 11.3 Å². The Hall–Kier alpha value is -2.44. The Labute approximate surface area is 154 Å². The quantitative estimate of drug-likeness (QED) is 0.636. The van der Waals surface area contributed by atoms with Crippen LogP contribution >= 0.6 is 22.7 Å². The van der Waals surface area contributed by atoms with E-state index in [1.54, 1.807) is 13.0 Å². The maximum atomic E-state index is 12.3. The van der Waals surface area contributed by atoms with E-state index in [-0.39, 0.29) is 11.7 Å². The number of hydrogen-bond acceptors (Lipinski definition) is 5. The molecular weight excluding hydrogens is 354 g/mol. The molecule has 0 unspecified atom stereocenters. The number of nitrogens with one attached hydrogen (secondary N) is 1. The molecule has 4 nitrogen and oxygen atoms in total. The van der Waals surface area contributed by atoms with Crippen LogP contribution in [0.3, 0.4) is 0 Å². The number of carbonyl (C=O) groups is 2. The van der Waals surface area contributed by atoms with Crippen LogP contribution < -0.4 is 10.1 Å². The highest BCUT2D eigenvalue weighted by molar-refractivity contribution is 7.14. The number of rotatable bonds is 7. The maximum absolute atomic E-state index is 12.3. The molecule has 3 aromatic rings. The first kappa shape index (κ1) is 17.4. The second-order valence-electron chi connectivity index (χ2n) is 5.40. The number of carbonyl (C=O) groups excluding carboxylic acids is 2. The highest BCUT2D eigenvalue weighted by atomic mass is 32.1. The van der Waals surface area contributed by atoms with Crippen molar-refractivity contribution in [1.82, 2.24) is 5.32 Å². The first-order valence-corrected chi connectivity index (χ1v) is 9.54. The van der Waals surface area contributed by atoms with Gasteiger partial charge in [0, 0.05) is 15.8 Å². The standard InChI is InChI=1S/C19H17NO3S2/c1-13(23-15-5-3-2-4-6-15)19(22)20-11-16-7-8-17(25-16)18(21)14-9-10-24-12-14/h2-10,12-13H,11H2,1H3,(H,20,22)/t13-/m1/s1. The van der Waals surface area contributed by atoms with Gasteiger partial charge in [0.05, 0.1) is 11.4 Å². The summed E-state index contributed by atoms with van der Waals surface area (Å²) in [5.74, 6) is 0.484. The van der Waals surface area contributed by atoms with Crippen LogP contribution in [-0.2, 0) is 11.3 Å². The van der Waals surface area contributed by atoms with E-state index >= 15 is 0 Å². The number of benzene rings is 1. The summed E-state index contributed by atoms with van der Waals surface area (Å²) < 4.78 is 5.60. The van der Waals surface area contributed by atoms with Crippen LogP contribution in [0.15, 0.2) is 59.3 Å². The Morgan fingerprint density at radius 3 is 2.64 bits per heavy atom. The number of ether oxygens (including phenoxy) is 1. The summed E-state index contributed by atoms with van der Waals surface area (Å²) in [6, 6.07) is 14.7. The molecule has 6 heteroatoms. The third-order valence-electron chi connectivity index (χ3n) is 3.53. The molecule has 1 N–H and O–H groups in total. The van der Waals surface area contributed by atoms with E-state index in [1.807, 2.05) is 53.2 Å². The molecule has 0 aliphatic carbocycles. The van der Waals surface area contributed by atoms with E-state index in [0.717, 1.165) is 4.88 Å². The summed E-state index contributed by atoms with van der Waals surface area (Å²) >= 11 is 2.90. The van der Waals surface area contributed by atoms with Gasteiger partial charge in [-0.3, -0.25) is 9.59 Å². The van der Waals surface area contributed by atoms with Crippen molar-refractivity contribution in [2.75, 3.05) is 0 Å². The molecule has 0 aliphatic heterocycles. The Morgan fingerprint density at radius 1 is 1.12 bits per heavy atom. The molecule has 0 bridgehead atoms. The fraction of sp³-hybridized carbons (Fsp3) is 0.158. The van der Waals surface area contributed by atoms with E-state index in [9.17, 15) is 9.59 Å². The smallest absolute Gasteiger partial charge is 0.261 e. The van der Waals surface area contributed by atoms with Crippen molar-refractivity contribution in [3.05, 3.63) is 74.6 Å². The van der Waals surface area contributed by atoms with Gasteiger partial charge in [0.15, 0.2) is 6.10 Å². The Balaban J connectivity index is 1.53. The van der Waals surface area contributed by atoms with E-state index in [2.05, 4.69) is 5.32 Å². The van der Waals surface area contributed by atoms with Gasteiger partial charge in [-0.1, -0.05) is 18.2 Å². The van der Waals surface area contributed by atoms with Crippen molar-refractivity contribution in [1.29, 1.82) is 0 Å². The van der Waals surface area contributed by atoms with Crippen LogP contribution in [0.1, 0.15) is 27.0 Å². The predicted molar refractivity (Wildman–Crippen MR) is 100 cm³/mol. The molecule has 1 aromatic carbocycles. The molecule has 0 saturated carbocycles. The van der Waals surface area contributed by atoms with Crippen molar-refractivity contribution >= 4 is 34.4 Å². The van der Waals surface area contributed by atoms with Gasteiger partial charge >= 0.3 is 0 Å². The van der Waals surface area contributed by atoms with Gasteiger partial charge < -0.3 is 10.1 Å². The van der Waals surface area contributed by atoms with Gasteiger partial charge in [0.2, 0.25) is 5.78 Å². The molecule has 0 aliphatic rings. The largest absolute Gasteiger partial charge is 0.481 e. The second kappa shape index (κ2) is 8.09. The number of ketones is 1. The number of para-hydroxylation sites is 1. The normalized spacial score (nSPS) is 11.7. The monoisotopic (exact) mass is 371 g/mol. The summed E-state index contributed by atoms with van der Waals surface area (Å²) in [6.07, 6.45) is -0.589. The van der Waals surface area contributed by atoms with Crippen molar-refractivity contribution < 1.29 is 14.3 Å². The molecule has 1 amide bonds. The lowest BCUT2D eigenvalue weighted by Crippen LogP contribution is -2.35. The van der Waals surface area contributed by atoms with Gasteiger partial charge in [-0.05, 0) is 42.6 Å². The van der Waals surface area contributed by atoms with Crippen molar-refractivity contribution in [2.45, 2.75) is 19.6 Å². The molecule has 0 radical (unpaired) electrons. The van der Waals surface area contributed by atoms with Crippen LogP contribution in [0, 0.1) is 0 Å². The van der Waals surface area contributed by atoms with Gasteiger partial charge in [0.25, 0.3) is 5.91 Å². The molecule has 0 saturated heterocycles. The van der Waals surface area contributed by atoms with E-state index in [1.165, 1.54) is 22.7 Å². The highest BCUT2D eigenvalue weighted by Crippen LogP contribution is 2.21. The molecule has 2 heterocycles. The van der Waals surface area contributed by atoms with Crippen molar-refractivity contribution in [2.24, 2.45) is 0 Å². The third-order valence-corrected chi connectivity index (χ3v) is 5.30. The Kier molecular flexibility index (Phi) is 5.63. The Bertz CT molecular complexity index is 841. The third kappa shape index (κ3) is 4.55. The molecule has 2 aromatic heterocycles. The van der Waals surface area contributed by atoms with E-state index < -0.39 is 6.10 Å². The fourth-order valence-electron chi connectivity index (χ4n) is 2.21. The molecule has 1 atom stereocenters. The summed E-state index contributed by atoms with van der Waals surface area (Å²) in [5, 5.41) is 6.57. The van der Waals surface area contributed by atoms with Crippen LogP contribution in [0.5, 0.6) is 5.75 Å². The zero-order chi connectivity index (χ0) is 17.6. The zero-order valence-corrected chi connectivity index (χ0v) is 15.2. The lowest BCUT2D eigenvalue weighted by atomic mass is 10.2. The van der Waals surface area contributed by atoms with Gasteiger partial charge in [-0.25, -0.2) is 0 Å². The predicted octanol–water partition coefficient (Wildman–Crippen LogP) is 4.12. The van der Waals surface area contributed by atoms with Gasteiger partial charge in [0.1, 0.15) is 5.75 Å². The molecular formula is C19H17NO3S2.